The molecule has 0 aromatic rings. The van der Waals surface area contributed by atoms with E-state index in [4.69, 9.17) is 14.2 Å². The quantitative estimate of drug-likeness (QED) is 0.648. The fourth-order valence-corrected chi connectivity index (χ4v) is 1.95. The second-order valence-electron chi connectivity index (χ2n) is 4.91. The lowest BCUT2D eigenvalue weighted by molar-refractivity contribution is -0.323. The maximum absolute atomic E-state index is 9.72. The summed E-state index contributed by atoms with van der Waals surface area (Å²) in [7, 11) is 0. The van der Waals surface area contributed by atoms with E-state index in [0.717, 1.165) is 25.7 Å². The van der Waals surface area contributed by atoms with Crippen molar-refractivity contribution < 1.29 is 19.3 Å². The summed E-state index contributed by atoms with van der Waals surface area (Å²) in [6.07, 6.45) is 6.39. The van der Waals surface area contributed by atoms with Crippen LogP contribution in [0.4, 0.5) is 0 Å². The van der Waals surface area contributed by atoms with Crippen LogP contribution in [0.1, 0.15) is 58.8 Å². The van der Waals surface area contributed by atoms with Gasteiger partial charge in [-0.25, -0.2) is 0 Å². The minimum atomic E-state index is -0.659. The van der Waals surface area contributed by atoms with Gasteiger partial charge >= 0.3 is 0 Å². The largest absolute Gasteiger partial charge is 0.385 e. The first-order valence-corrected chi connectivity index (χ1v) is 7.34. The molecule has 0 bridgehead atoms. The molecule has 1 fully saturated rings. The van der Waals surface area contributed by atoms with Gasteiger partial charge in [-0.15, -0.1) is 0 Å². The van der Waals surface area contributed by atoms with E-state index in [-0.39, 0.29) is 6.29 Å². The fraction of sp³-hybridized carbons (Fsp3) is 1.00. The maximum Gasteiger partial charge on any atom is 0.188 e. The molecule has 3 atom stereocenters. The Morgan fingerprint density at radius 3 is 2.61 bits per heavy atom. The van der Waals surface area contributed by atoms with Gasteiger partial charge in [0.15, 0.2) is 12.6 Å². The SMILES string of the molecule is CCCCCC[C@@H]1OC[C@H](O)[C@H](OCCCC)O1. The van der Waals surface area contributed by atoms with Gasteiger partial charge in [-0.05, 0) is 19.3 Å². The molecule has 18 heavy (non-hydrogen) atoms. The molecule has 1 rings (SSSR count). The number of aliphatic hydroxyl groups is 1. The summed E-state index contributed by atoms with van der Waals surface area (Å²) < 4.78 is 16.6. The number of hydrogen-bond donors (Lipinski definition) is 1. The van der Waals surface area contributed by atoms with Gasteiger partial charge in [-0.3, -0.25) is 0 Å². The van der Waals surface area contributed by atoms with Crippen LogP contribution in [0.3, 0.4) is 0 Å². The third-order valence-electron chi connectivity index (χ3n) is 3.13. The van der Waals surface area contributed by atoms with E-state index in [2.05, 4.69) is 13.8 Å². The molecule has 4 nitrogen and oxygen atoms in total. The first-order chi connectivity index (χ1) is 8.77. The lowest BCUT2D eigenvalue weighted by Crippen LogP contribution is -2.45. The van der Waals surface area contributed by atoms with Gasteiger partial charge < -0.3 is 19.3 Å². The second kappa shape index (κ2) is 9.73. The van der Waals surface area contributed by atoms with Gasteiger partial charge in [0.1, 0.15) is 6.10 Å². The zero-order valence-electron chi connectivity index (χ0n) is 11.8. The van der Waals surface area contributed by atoms with Crippen molar-refractivity contribution in [3.05, 3.63) is 0 Å². The Morgan fingerprint density at radius 1 is 1.11 bits per heavy atom. The normalized spacial score (nSPS) is 28.5. The Morgan fingerprint density at radius 2 is 1.89 bits per heavy atom. The molecule has 0 radical (unpaired) electrons. The van der Waals surface area contributed by atoms with Crippen molar-refractivity contribution >= 4 is 0 Å². The van der Waals surface area contributed by atoms with Gasteiger partial charge in [0.2, 0.25) is 0 Å². The Labute approximate surface area is 111 Å². The van der Waals surface area contributed by atoms with Crippen LogP contribution in [-0.2, 0) is 14.2 Å². The molecule has 4 heteroatoms. The molecule has 1 aliphatic heterocycles. The Balaban J connectivity index is 2.18. The smallest absolute Gasteiger partial charge is 0.188 e. The van der Waals surface area contributed by atoms with Crippen molar-refractivity contribution in [1.29, 1.82) is 0 Å². The summed E-state index contributed by atoms with van der Waals surface area (Å²) in [4.78, 5) is 0. The van der Waals surface area contributed by atoms with Crippen molar-refractivity contribution in [2.24, 2.45) is 0 Å². The molecule has 108 valence electrons. The Bertz CT molecular complexity index is 198. The molecule has 1 N–H and O–H groups in total. The monoisotopic (exact) mass is 260 g/mol. The van der Waals surface area contributed by atoms with E-state index in [1.54, 1.807) is 0 Å². The summed E-state index contributed by atoms with van der Waals surface area (Å²) in [5.41, 5.74) is 0. The van der Waals surface area contributed by atoms with E-state index in [1.165, 1.54) is 19.3 Å². The fourth-order valence-electron chi connectivity index (χ4n) is 1.95. The lowest BCUT2D eigenvalue weighted by Gasteiger charge is -2.33. The van der Waals surface area contributed by atoms with Gasteiger partial charge in [0.25, 0.3) is 0 Å². The minimum absolute atomic E-state index is 0.211. The van der Waals surface area contributed by atoms with E-state index in [9.17, 15) is 5.11 Å². The molecule has 0 aliphatic carbocycles. The van der Waals surface area contributed by atoms with Crippen LogP contribution in [0.15, 0.2) is 0 Å². The third kappa shape index (κ3) is 6.14. The highest BCUT2D eigenvalue weighted by Crippen LogP contribution is 2.19. The molecule has 1 heterocycles. The Hall–Kier alpha value is -0.160. The van der Waals surface area contributed by atoms with Crippen LogP contribution in [0.25, 0.3) is 0 Å². The van der Waals surface area contributed by atoms with E-state index in [1.807, 2.05) is 0 Å². The average molecular weight is 260 g/mol. The standard InChI is InChI=1S/C14H28O4/c1-3-5-7-8-9-13-17-11-12(15)14(18-13)16-10-6-4-2/h12-15H,3-11H2,1-2H3/t12-,13+,14+/m0/s1. The summed E-state index contributed by atoms with van der Waals surface area (Å²) in [6, 6.07) is 0. The van der Waals surface area contributed by atoms with Crippen molar-refractivity contribution in [2.45, 2.75) is 77.5 Å². The lowest BCUT2D eigenvalue weighted by atomic mass is 10.1. The minimum Gasteiger partial charge on any atom is -0.385 e. The predicted molar refractivity (Wildman–Crippen MR) is 70.2 cm³/mol. The topological polar surface area (TPSA) is 47.9 Å². The van der Waals surface area contributed by atoms with E-state index in [0.29, 0.717) is 13.2 Å². The maximum atomic E-state index is 9.72. The molecule has 1 saturated heterocycles. The van der Waals surface area contributed by atoms with Gasteiger partial charge in [-0.2, -0.15) is 0 Å². The molecular formula is C14H28O4. The van der Waals surface area contributed by atoms with Gasteiger partial charge in [-0.1, -0.05) is 39.5 Å². The number of unbranched alkanes of at least 4 members (excludes halogenated alkanes) is 4. The van der Waals surface area contributed by atoms with Gasteiger partial charge in [0.05, 0.1) is 6.61 Å². The van der Waals surface area contributed by atoms with Crippen LogP contribution in [0.5, 0.6) is 0 Å². The van der Waals surface area contributed by atoms with Crippen molar-refractivity contribution in [1.82, 2.24) is 0 Å². The summed E-state index contributed by atoms with van der Waals surface area (Å²) in [5.74, 6) is 0. The van der Waals surface area contributed by atoms with Crippen molar-refractivity contribution in [3.63, 3.8) is 0 Å². The molecule has 0 unspecified atom stereocenters. The summed E-state index contributed by atoms with van der Waals surface area (Å²) in [5, 5.41) is 9.72. The molecule has 1 aliphatic rings. The predicted octanol–water partition coefficient (Wildman–Crippen LogP) is 2.83. The highest BCUT2D eigenvalue weighted by Gasteiger charge is 2.30. The molecule has 0 spiro atoms. The van der Waals surface area contributed by atoms with Crippen LogP contribution in [0, 0.1) is 0 Å². The summed E-state index contributed by atoms with van der Waals surface area (Å²) in [6.45, 7) is 5.26. The molecule has 0 aromatic carbocycles. The zero-order chi connectivity index (χ0) is 13.2. The number of aliphatic hydroxyl groups excluding tert-OH is 1. The number of rotatable bonds is 9. The van der Waals surface area contributed by atoms with Crippen LogP contribution >= 0.6 is 0 Å². The molecule has 0 amide bonds. The zero-order valence-corrected chi connectivity index (χ0v) is 11.8. The molecular weight excluding hydrogens is 232 g/mol. The molecule has 0 saturated carbocycles. The average Bonchev–Trinajstić information content (AvgIpc) is 2.38. The first-order valence-electron chi connectivity index (χ1n) is 7.34. The first kappa shape index (κ1) is 15.9. The van der Waals surface area contributed by atoms with Crippen LogP contribution < -0.4 is 0 Å². The molecule has 0 aromatic heterocycles. The van der Waals surface area contributed by atoms with Crippen molar-refractivity contribution in [2.75, 3.05) is 13.2 Å². The van der Waals surface area contributed by atoms with Crippen LogP contribution in [0.2, 0.25) is 0 Å². The van der Waals surface area contributed by atoms with Crippen molar-refractivity contribution in [3.8, 4) is 0 Å². The number of ether oxygens (including phenoxy) is 3. The highest BCUT2D eigenvalue weighted by atomic mass is 16.8. The van der Waals surface area contributed by atoms with E-state index < -0.39 is 12.4 Å². The Kier molecular flexibility index (Phi) is 8.59. The van der Waals surface area contributed by atoms with Crippen LogP contribution in [-0.4, -0.2) is 37.0 Å². The second-order valence-corrected chi connectivity index (χ2v) is 4.91. The third-order valence-corrected chi connectivity index (χ3v) is 3.13. The number of hydrogen-bond acceptors (Lipinski definition) is 4. The van der Waals surface area contributed by atoms with E-state index >= 15 is 0 Å². The van der Waals surface area contributed by atoms with Gasteiger partial charge in [0, 0.05) is 6.61 Å². The highest BCUT2D eigenvalue weighted by molar-refractivity contribution is 4.66. The summed E-state index contributed by atoms with van der Waals surface area (Å²) >= 11 is 0.